The molecule has 2 rings (SSSR count). The fourth-order valence-electron chi connectivity index (χ4n) is 2.12. The number of hydrogen-bond donors (Lipinski definition) is 1. The van der Waals surface area contributed by atoms with Crippen LogP contribution in [-0.2, 0) is 0 Å². The molecule has 0 saturated carbocycles. The second-order valence-electron chi connectivity index (χ2n) is 4.44. The minimum absolute atomic E-state index is 0.622. The van der Waals surface area contributed by atoms with E-state index in [1.54, 1.807) is 0 Å². The zero-order valence-electron chi connectivity index (χ0n) is 10.2. The molecule has 4 heteroatoms. The lowest BCUT2D eigenvalue weighted by Gasteiger charge is -2.15. The number of nitrogens with one attached hydrogen (secondary N) is 1. The highest BCUT2D eigenvalue weighted by atomic mass is 15.2. The second-order valence-corrected chi connectivity index (χ2v) is 4.44. The summed E-state index contributed by atoms with van der Waals surface area (Å²) in [5.74, 6) is 0.715. The number of pyridine rings is 1. The average Bonchev–Trinajstić information content (AvgIpc) is 2.82. The maximum Gasteiger partial charge on any atom is 0.144 e. The van der Waals surface area contributed by atoms with E-state index in [2.05, 4.69) is 21.3 Å². The molecular formula is C13H18N4. The molecule has 17 heavy (non-hydrogen) atoms. The highest BCUT2D eigenvalue weighted by Crippen LogP contribution is 2.12. The van der Waals surface area contributed by atoms with Crippen molar-refractivity contribution < 1.29 is 0 Å². The molecule has 0 aromatic carbocycles. The van der Waals surface area contributed by atoms with Crippen LogP contribution in [0.2, 0.25) is 0 Å². The van der Waals surface area contributed by atoms with Crippen LogP contribution in [0, 0.1) is 18.3 Å². The van der Waals surface area contributed by atoms with Gasteiger partial charge in [-0.05, 0) is 45.0 Å². The Morgan fingerprint density at radius 1 is 1.41 bits per heavy atom. The Balaban J connectivity index is 1.89. The minimum Gasteiger partial charge on any atom is -0.368 e. The van der Waals surface area contributed by atoms with Crippen molar-refractivity contribution in [3.05, 3.63) is 23.4 Å². The topological polar surface area (TPSA) is 52.0 Å². The van der Waals surface area contributed by atoms with Gasteiger partial charge >= 0.3 is 0 Å². The van der Waals surface area contributed by atoms with Crippen LogP contribution in [0.5, 0.6) is 0 Å². The van der Waals surface area contributed by atoms with Gasteiger partial charge in [0.2, 0.25) is 0 Å². The predicted octanol–water partition coefficient (Wildman–Crippen LogP) is 1.77. The van der Waals surface area contributed by atoms with Crippen molar-refractivity contribution in [2.45, 2.75) is 19.8 Å². The van der Waals surface area contributed by atoms with Crippen LogP contribution in [0.3, 0.4) is 0 Å². The highest BCUT2D eigenvalue weighted by Gasteiger charge is 2.11. The summed E-state index contributed by atoms with van der Waals surface area (Å²) in [6, 6.07) is 5.85. The zero-order chi connectivity index (χ0) is 12.1. The van der Waals surface area contributed by atoms with Crippen LogP contribution in [0.4, 0.5) is 5.82 Å². The van der Waals surface area contributed by atoms with Crippen molar-refractivity contribution in [1.29, 1.82) is 5.26 Å². The number of likely N-dealkylation sites (tertiary alicyclic amines) is 1. The van der Waals surface area contributed by atoms with Gasteiger partial charge in [0.05, 0.1) is 5.56 Å². The first-order chi connectivity index (χ1) is 8.29. The maximum atomic E-state index is 8.98. The normalized spacial score (nSPS) is 15.8. The minimum atomic E-state index is 0.622. The van der Waals surface area contributed by atoms with Gasteiger partial charge in [0.25, 0.3) is 0 Å². The quantitative estimate of drug-likeness (QED) is 0.856. The zero-order valence-corrected chi connectivity index (χ0v) is 10.2. The summed E-state index contributed by atoms with van der Waals surface area (Å²) in [6.45, 7) is 6.22. The van der Waals surface area contributed by atoms with E-state index in [1.807, 2.05) is 19.1 Å². The lowest BCUT2D eigenvalue weighted by molar-refractivity contribution is 0.352. The van der Waals surface area contributed by atoms with Crippen molar-refractivity contribution in [1.82, 2.24) is 9.88 Å². The van der Waals surface area contributed by atoms with Crippen LogP contribution >= 0.6 is 0 Å². The van der Waals surface area contributed by atoms with Crippen LogP contribution < -0.4 is 5.32 Å². The van der Waals surface area contributed by atoms with Crippen LogP contribution in [0.15, 0.2) is 12.1 Å². The number of hydrogen-bond acceptors (Lipinski definition) is 4. The third-order valence-electron chi connectivity index (χ3n) is 3.07. The molecule has 1 saturated heterocycles. The molecule has 1 aliphatic rings. The van der Waals surface area contributed by atoms with E-state index in [4.69, 9.17) is 5.26 Å². The third kappa shape index (κ3) is 3.18. The molecule has 2 heterocycles. The summed E-state index contributed by atoms with van der Waals surface area (Å²) < 4.78 is 0. The maximum absolute atomic E-state index is 8.98. The number of aromatic nitrogens is 1. The van der Waals surface area contributed by atoms with Crippen LogP contribution in [-0.4, -0.2) is 36.1 Å². The van der Waals surface area contributed by atoms with Crippen molar-refractivity contribution in [3.63, 3.8) is 0 Å². The summed E-state index contributed by atoms with van der Waals surface area (Å²) >= 11 is 0. The number of nitriles is 1. The van der Waals surface area contributed by atoms with Gasteiger partial charge in [-0.1, -0.05) is 0 Å². The van der Waals surface area contributed by atoms with Gasteiger partial charge in [0.15, 0.2) is 0 Å². The summed E-state index contributed by atoms with van der Waals surface area (Å²) in [5, 5.41) is 12.2. The SMILES string of the molecule is Cc1ccc(C#N)c(NCCN2CCCC2)n1. The van der Waals surface area contributed by atoms with Gasteiger partial charge in [-0.15, -0.1) is 0 Å². The van der Waals surface area contributed by atoms with Gasteiger partial charge in [-0.3, -0.25) is 0 Å². The molecule has 0 spiro atoms. The van der Waals surface area contributed by atoms with Crippen molar-refractivity contribution >= 4 is 5.82 Å². The van der Waals surface area contributed by atoms with Gasteiger partial charge in [-0.25, -0.2) is 4.98 Å². The first-order valence-corrected chi connectivity index (χ1v) is 6.13. The number of anilines is 1. The summed E-state index contributed by atoms with van der Waals surface area (Å²) in [4.78, 5) is 6.80. The number of nitrogens with zero attached hydrogens (tertiary/aromatic N) is 3. The Hall–Kier alpha value is -1.60. The Labute approximate surface area is 102 Å². The van der Waals surface area contributed by atoms with Gasteiger partial charge in [0.1, 0.15) is 11.9 Å². The van der Waals surface area contributed by atoms with Crippen LogP contribution in [0.25, 0.3) is 0 Å². The number of aryl methyl sites for hydroxylation is 1. The van der Waals surface area contributed by atoms with E-state index in [0.717, 1.165) is 18.8 Å². The van der Waals surface area contributed by atoms with E-state index in [9.17, 15) is 0 Å². The van der Waals surface area contributed by atoms with Crippen molar-refractivity contribution in [3.8, 4) is 6.07 Å². The van der Waals surface area contributed by atoms with Crippen molar-refractivity contribution in [2.24, 2.45) is 0 Å². The van der Waals surface area contributed by atoms with Gasteiger partial charge < -0.3 is 10.2 Å². The van der Waals surface area contributed by atoms with E-state index in [-0.39, 0.29) is 0 Å². The van der Waals surface area contributed by atoms with Crippen LogP contribution in [0.1, 0.15) is 24.1 Å². The lowest BCUT2D eigenvalue weighted by Crippen LogP contribution is -2.26. The molecule has 0 atom stereocenters. The smallest absolute Gasteiger partial charge is 0.144 e. The standard InChI is InChI=1S/C13H18N4/c1-11-4-5-12(10-14)13(16-11)15-6-9-17-7-2-3-8-17/h4-5H,2-3,6-9H2,1H3,(H,15,16). The summed E-state index contributed by atoms with van der Waals surface area (Å²) in [5.41, 5.74) is 1.56. The molecule has 4 nitrogen and oxygen atoms in total. The molecule has 1 N–H and O–H groups in total. The molecule has 0 unspecified atom stereocenters. The molecule has 1 aliphatic heterocycles. The molecule has 0 aliphatic carbocycles. The lowest BCUT2D eigenvalue weighted by atomic mass is 10.2. The molecule has 0 bridgehead atoms. The first kappa shape index (κ1) is 11.9. The van der Waals surface area contributed by atoms with E-state index in [0.29, 0.717) is 11.4 Å². The fraction of sp³-hybridized carbons (Fsp3) is 0.538. The monoisotopic (exact) mass is 230 g/mol. The number of rotatable bonds is 4. The Kier molecular flexibility index (Phi) is 3.94. The predicted molar refractivity (Wildman–Crippen MR) is 67.9 cm³/mol. The van der Waals surface area contributed by atoms with Gasteiger partial charge in [0, 0.05) is 18.8 Å². The second kappa shape index (κ2) is 5.65. The largest absolute Gasteiger partial charge is 0.368 e. The molecule has 1 aromatic heterocycles. The van der Waals surface area contributed by atoms with E-state index < -0.39 is 0 Å². The highest BCUT2D eigenvalue weighted by molar-refractivity contribution is 5.52. The fourth-order valence-corrected chi connectivity index (χ4v) is 2.12. The van der Waals surface area contributed by atoms with Crippen molar-refractivity contribution in [2.75, 3.05) is 31.5 Å². The third-order valence-corrected chi connectivity index (χ3v) is 3.07. The summed E-state index contributed by atoms with van der Waals surface area (Å²) in [7, 11) is 0. The molecule has 0 radical (unpaired) electrons. The molecule has 90 valence electrons. The van der Waals surface area contributed by atoms with E-state index in [1.165, 1.54) is 25.9 Å². The Morgan fingerprint density at radius 2 is 2.18 bits per heavy atom. The summed E-state index contributed by atoms with van der Waals surface area (Å²) in [6.07, 6.45) is 2.62. The van der Waals surface area contributed by atoms with E-state index >= 15 is 0 Å². The van der Waals surface area contributed by atoms with Gasteiger partial charge in [-0.2, -0.15) is 5.26 Å². The average molecular weight is 230 g/mol. The Bertz CT molecular complexity index is 416. The molecule has 1 fully saturated rings. The first-order valence-electron chi connectivity index (χ1n) is 6.13. The molecule has 0 amide bonds. The molecular weight excluding hydrogens is 212 g/mol. The molecule has 1 aromatic rings. The Morgan fingerprint density at radius 3 is 2.88 bits per heavy atom.